The molecular formula is C17H21N7O. The van der Waals surface area contributed by atoms with E-state index in [0.717, 1.165) is 49.1 Å². The third-order valence-corrected chi connectivity index (χ3v) is 4.48. The van der Waals surface area contributed by atoms with Gasteiger partial charge in [-0.15, -0.1) is 10.2 Å². The summed E-state index contributed by atoms with van der Waals surface area (Å²) in [6.45, 7) is 5.71. The molecule has 130 valence electrons. The fraction of sp³-hybridized carbons (Fsp3) is 0.471. The van der Waals surface area contributed by atoms with Gasteiger partial charge in [-0.2, -0.15) is 10.1 Å². The zero-order valence-electron chi connectivity index (χ0n) is 14.5. The number of nitrogens with zero attached hydrogens (tertiary/aromatic N) is 7. The van der Waals surface area contributed by atoms with E-state index in [2.05, 4.69) is 30.3 Å². The van der Waals surface area contributed by atoms with Crippen molar-refractivity contribution in [2.75, 3.05) is 18.0 Å². The first-order valence-corrected chi connectivity index (χ1v) is 8.58. The van der Waals surface area contributed by atoms with E-state index in [1.165, 1.54) is 6.42 Å². The number of anilines is 1. The first-order valence-electron chi connectivity index (χ1n) is 8.58. The molecule has 1 unspecified atom stereocenters. The number of aryl methyl sites for hydroxylation is 2. The Morgan fingerprint density at radius 3 is 2.68 bits per heavy atom. The summed E-state index contributed by atoms with van der Waals surface area (Å²) in [6.07, 6.45) is 5.03. The molecule has 4 rings (SSSR count). The van der Waals surface area contributed by atoms with Gasteiger partial charge in [-0.3, -0.25) is 0 Å². The standard InChI is InChI=1S/C17H21N7O/c1-12-7-9-24(21-12)17-6-5-16(19-20-17)23-8-3-4-14(11-23)10-15-18-13(2)25-22-15/h5-7,9,14H,3-4,8,10-11H2,1-2H3. The molecule has 1 aliphatic rings. The Kier molecular flexibility index (Phi) is 4.17. The lowest BCUT2D eigenvalue weighted by molar-refractivity contribution is 0.369. The van der Waals surface area contributed by atoms with E-state index in [1.807, 2.05) is 38.2 Å². The highest BCUT2D eigenvalue weighted by atomic mass is 16.5. The Bertz CT molecular complexity index is 839. The van der Waals surface area contributed by atoms with Crippen molar-refractivity contribution in [2.45, 2.75) is 33.1 Å². The van der Waals surface area contributed by atoms with Crippen molar-refractivity contribution in [3.63, 3.8) is 0 Å². The molecule has 1 saturated heterocycles. The van der Waals surface area contributed by atoms with Crippen molar-refractivity contribution in [3.8, 4) is 5.82 Å². The van der Waals surface area contributed by atoms with Crippen LogP contribution in [-0.2, 0) is 6.42 Å². The van der Waals surface area contributed by atoms with E-state index in [9.17, 15) is 0 Å². The second-order valence-corrected chi connectivity index (χ2v) is 6.54. The van der Waals surface area contributed by atoms with E-state index >= 15 is 0 Å². The molecular weight excluding hydrogens is 318 g/mol. The van der Waals surface area contributed by atoms with Crippen molar-refractivity contribution in [1.82, 2.24) is 30.1 Å². The van der Waals surface area contributed by atoms with Gasteiger partial charge in [-0.1, -0.05) is 5.16 Å². The summed E-state index contributed by atoms with van der Waals surface area (Å²) in [5, 5.41) is 17.1. The van der Waals surface area contributed by atoms with E-state index in [4.69, 9.17) is 4.52 Å². The second-order valence-electron chi connectivity index (χ2n) is 6.54. The average Bonchev–Trinajstić information content (AvgIpc) is 3.24. The van der Waals surface area contributed by atoms with Gasteiger partial charge in [-0.05, 0) is 43.9 Å². The molecule has 0 radical (unpaired) electrons. The third kappa shape index (κ3) is 3.52. The Labute approximate surface area is 145 Å². The predicted octanol–water partition coefficient (Wildman–Crippen LogP) is 2.12. The molecule has 25 heavy (non-hydrogen) atoms. The van der Waals surface area contributed by atoms with Gasteiger partial charge >= 0.3 is 0 Å². The van der Waals surface area contributed by atoms with Crippen LogP contribution in [0, 0.1) is 19.8 Å². The van der Waals surface area contributed by atoms with Gasteiger partial charge < -0.3 is 9.42 Å². The molecule has 3 aromatic heterocycles. The zero-order chi connectivity index (χ0) is 17.2. The van der Waals surface area contributed by atoms with Gasteiger partial charge in [0.25, 0.3) is 0 Å². The van der Waals surface area contributed by atoms with Crippen LogP contribution in [0.4, 0.5) is 5.82 Å². The van der Waals surface area contributed by atoms with Crippen molar-refractivity contribution < 1.29 is 4.52 Å². The van der Waals surface area contributed by atoms with Crippen LogP contribution in [0.25, 0.3) is 5.82 Å². The first-order chi connectivity index (χ1) is 12.2. The first kappa shape index (κ1) is 15.7. The van der Waals surface area contributed by atoms with Crippen LogP contribution in [0.15, 0.2) is 28.9 Å². The molecule has 0 spiro atoms. The molecule has 0 aliphatic carbocycles. The van der Waals surface area contributed by atoms with Crippen LogP contribution >= 0.6 is 0 Å². The molecule has 0 N–H and O–H groups in total. The van der Waals surface area contributed by atoms with Crippen molar-refractivity contribution in [2.24, 2.45) is 5.92 Å². The van der Waals surface area contributed by atoms with E-state index < -0.39 is 0 Å². The van der Waals surface area contributed by atoms with Crippen LogP contribution in [0.3, 0.4) is 0 Å². The number of rotatable bonds is 4. The van der Waals surface area contributed by atoms with Crippen LogP contribution < -0.4 is 4.90 Å². The summed E-state index contributed by atoms with van der Waals surface area (Å²) in [5.74, 6) is 3.55. The summed E-state index contributed by atoms with van der Waals surface area (Å²) < 4.78 is 6.81. The Morgan fingerprint density at radius 2 is 2.00 bits per heavy atom. The van der Waals surface area contributed by atoms with Gasteiger partial charge in [0.1, 0.15) is 0 Å². The fourth-order valence-electron chi connectivity index (χ4n) is 3.27. The highest BCUT2D eigenvalue weighted by Gasteiger charge is 2.23. The lowest BCUT2D eigenvalue weighted by Gasteiger charge is -2.32. The normalized spacial score (nSPS) is 17.8. The SMILES string of the molecule is Cc1ccn(-c2ccc(N3CCCC(Cc4noc(C)n4)C3)nn2)n1. The lowest BCUT2D eigenvalue weighted by atomic mass is 9.94. The van der Waals surface area contributed by atoms with Crippen molar-refractivity contribution >= 4 is 5.82 Å². The summed E-state index contributed by atoms with van der Waals surface area (Å²) in [5.41, 5.74) is 0.960. The van der Waals surface area contributed by atoms with Crippen LogP contribution in [0.2, 0.25) is 0 Å². The minimum absolute atomic E-state index is 0.501. The topological polar surface area (TPSA) is 85.8 Å². The smallest absolute Gasteiger partial charge is 0.223 e. The molecule has 0 saturated carbocycles. The number of hydrogen-bond donors (Lipinski definition) is 0. The molecule has 1 aliphatic heterocycles. The third-order valence-electron chi connectivity index (χ3n) is 4.48. The van der Waals surface area contributed by atoms with E-state index in [1.54, 1.807) is 4.68 Å². The molecule has 8 heteroatoms. The minimum Gasteiger partial charge on any atom is -0.355 e. The maximum absolute atomic E-state index is 5.07. The number of hydrogen-bond acceptors (Lipinski definition) is 7. The highest BCUT2D eigenvalue weighted by molar-refractivity contribution is 5.40. The quantitative estimate of drug-likeness (QED) is 0.719. The summed E-state index contributed by atoms with van der Waals surface area (Å²) >= 11 is 0. The van der Waals surface area contributed by atoms with Crippen molar-refractivity contribution in [1.29, 1.82) is 0 Å². The molecule has 0 bridgehead atoms. The molecule has 3 aromatic rings. The molecule has 4 heterocycles. The Morgan fingerprint density at radius 1 is 1.16 bits per heavy atom. The molecule has 1 fully saturated rings. The van der Waals surface area contributed by atoms with Gasteiger partial charge in [0.05, 0.1) is 5.69 Å². The van der Waals surface area contributed by atoms with Gasteiger partial charge in [0, 0.05) is 32.6 Å². The zero-order valence-corrected chi connectivity index (χ0v) is 14.5. The minimum atomic E-state index is 0.501. The fourth-order valence-corrected chi connectivity index (χ4v) is 3.27. The summed E-state index contributed by atoms with van der Waals surface area (Å²) in [7, 11) is 0. The monoisotopic (exact) mass is 339 g/mol. The Hall–Kier alpha value is -2.77. The van der Waals surface area contributed by atoms with Gasteiger partial charge in [0.2, 0.25) is 5.89 Å². The van der Waals surface area contributed by atoms with Crippen LogP contribution in [0.1, 0.15) is 30.3 Å². The van der Waals surface area contributed by atoms with Crippen LogP contribution in [-0.4, -0.2) is 43.2 Å². The molecule has 8 nitrogen and oxygen atoms in total. The molecule has 0 amide bonds. The van der Waals surface area contributed by atoms with Gasteiger partial charge in [-0.25, -0.2) is 4.68 Å². The maximum Gasteiger partial charge on any atom is 0.223 e. The highest BCUT2D eigenvalue weighted by Crippen LogP contribution is 2.23. The number of piperidine rings is 1. The number of aromatic nitrogens is 6. The summed E-state index contributed by atoms with van der Waals surface area (Å²) in [4.78, 5) is 6.60. The second kappa shape index (κ2) is 6.62. The molecule has 1 atom stereocenters. The Balaban J connectivity index is 1.44. The average molecular weight is 339 g/mol. The van der Waals surface area contributed by atoms with Crippen molar-refractivity contribution in [3.05, 3.63) is 41.8 Å². The predicted molar refractivity (Wildman–Crippen MR) is 91.6 cm³/mol. The van der Waals surface area contributed by atoms with Gasteiger partial charge in [0.15, 0.2) is 17.5 Å². The summed E-state index contributed by atoms with van der Waals surface area (Å²) in [6, 6.07) is 5.92. The van der Waals surface area contributed by atoms with Crippen LogP contribution in [0.5, 0.6) is 0 Å². The maximum atomic E-state index is 5.07. The molecule has 0 aromatic carbocycles. The lowest BCUT2D eigenvalue weighted by Crippen LogP contribution is -2.37. The van der Waals surface area contributed by atoms with E-state index in [-0.39, 0.29) is 0 Å². The van der Waals surface area contributed by atoms with E-state index in [0.29, 0.717) is 11.8 Å². The largest absolute Gasteiger partial charge is 0.355 e.